The maximum atomic E-state index is 12.2. The van der Waals surface area contributed by atoms with E-state index in [0.29, 0.717) is 11.6 Å². The monoisotopic (exact) mass is 327 g/mol. The summed E-state index contributed by atoms with van der Waals surface area (Å²) in [5.41, 5.74) is 3.40. The van der Waals surface area contributed by atoms with Crippen LogP contribution < -0.4 is 5.32 Å². The van der Waals surface area contributed by atoms with E-state index < -0.39 is 0 Å². The van der Waals surface area contributed by atoms with Crippen molar-refractivity contribution in [1.29, 1.82) is 0 Å². The molecule has 0 spiro atoms. The van der Waals surface area contributed by atoms with Crippen molar-refractivity contribution in [2.24, 2.45) is 0 Å². The molecule has 0 atom stereocenters. The smallest absolute Gasteiger partial charge is 0.252 e. The number of allylic oxidation sites excluding steroid dienone is 3. The van der Waals surface area contributed by atoms with Gasteiger partial charge in [0.15, 0.2) is 0 Å². The van der Waals surface area contributed by atoms with Crippen LogP contribution in [0.1, 0.15) is 63.9 Å². The number of aromatic nitrogens is 2. The summed E-state index contributed by atoms with van der Waals surface area (Å²) < 4.78 is 1.90. The minimum atomic E-state index is -0.00473. The molecule has 1 saturated carbocycles. The Morgan fingerprint density at radius 3 is 2.75 bits per heavy atom. The van der Waals surface area contributed by atoms with Crippen molar-refractivity contribution in [2.45, 2.75) is 52.5 Å². The molecule has 1 amide bonds. The minimum absolute atomic E-state index is 0. The van der Waals surface area contributed by atoms with Gasteiger partial charge in [-0.15, -0.1) is 0 Å². The third kappa shape index (κ3) is 3.94. The van der Waals surface area contributed by atoms with Gasteiger partial charge in [0.25, 0.3) is 5.91 Å². The lowest BCUT2D eigenvalue weighted by molar-refractivity contribution is 0.0916. The van der Waals surface area contributed by atoms with Crippen LogP contribution in [-0.4, -0.2) is 21.3 Å². The second-order valence-electron chi connectivity index (χ2n) is 5.68. The molecule has 2 aromatic rings. The number of nitrogens with one attached hydrogen (secondary N) is 1. The Labute approximate surface area is 145 Å². The maximum absolute atomic E-state index is 12.2. The average molecular weight is 327 g/mol. The lowest BCUT2D eigenvalue weighted by atomic mass is 9.93. The molecule has 2 heterocycles. The van der Waals surface area contributed by atoms with E-state index in [1.54, 1.807) is 0 Å². The summed E-state index contributed by atoms with van der Waals surface area (Å²) >= 11 is 0. The van der Waals surface area contributed by atoms with Gasteiger partial charge in [-0.1, -0.05) is 39.5 Å². The molecule has 0 unspecified atom stereocenters. The van der Waals surface area contributed by atoms with E-state index in [0.717, 1.165) is 36.2 Å². The van der Waals surface area contributed by atoms with Crippen molar-refractivity contribution in [1.82, 2.24) is 14.7 Å². The molecule has 0 aliphatic heterocycles. The maximum Gasteiger partial charge on any atom is 0.252 e. The van der Waals surface area contributed by atoms with E-state index >= 15 is 0 Å². The Balaban J connectivity index is 0.00000101. The van der Waals surface area contributed by atoms with Crippen LogP contribution in [0.2, 0.25) is 0 Å². The third-order valence-electron chi connectivity index (χ3n) is 4.09. The van der Waals surface area contributed by atoms with E-state index in [1.165, 1.54) is 6.42 Å². The van der Waals surface area contributed by atoms with Crippen molar-refractivity contribution < 1.29 is 6.22 Å². The Kier molecular flexibility index (Phi) is 6.36. The molecule has 24 heavy (non-hydrogen) atoms. The highest BCUT2D eigenvalue weighted by molar-refractivity contribution is 5.94. The first-order valence-electron chi connectivity index (χ1n) is 8.84. The fourth-order valence-corrected chi connectivity index (χ4v) is 2.60. The van der Waals surface area contributed by atoms with Gasteiger partial charge in [0.1, 0.15) is 5.65 Å². The fraction of sp³-hybridized carbons (Fsp3) is 0.400. The first-order chi connectivity index (χ1) is 11.7. The SMILES string of the molecule is C=C/C(=C\CC)c1cn2cc(C(=O)NC3CCC3)ccc2n1.CC.[HH]. The molecule has 0 saturated heterocycles. The molecule has 2 aromatic heterocycles. The number of rotatable bonds is 5. The molecule has 1 fully saturated rings. The predicted octanol–water partition coefficient (Wildman–Crippen LogP) is 4.87. The molecule has 1 N–H and O–H groups in total. The quantitative estimate of drug-likeness (QED) is 0.797. The van der Waals surface area contributed by atoms with E-state index in [9.17, 15) is 4.79 Å². The van der Waals surface area contributed by atoms with Crippen LogP contribution in [-0.2, 0) is 0 Å². The Bertz CT molecular complexity index is 744. The van der Waals surface area contributed by atoms with Crippen LogP contribution >= 0.6 is 0 Å². The van der Waals surface area contributed by atoms with Gasteiger partial charge < -0.3 is 9.72 Å². The molecule has 4 nitrogen and oxygen atoms in total. The highest BCUT2D eigenvalue weighted by Gasteiger charge is 2.20. The number of hydrogen-bond acceptors (Lipinski definition) is 2. The first-order valence-corrected chi connectivity index (χ1v) is 8.84. The summed E-state index contributed by atoms with van der Waals surface area (Å²) in [5.74, 6) is -0.00473. The summed E-state index contributed by atoms with van der Waals surface area (Å²) in [4.78, 5) is 16.8. The number of carbonyl (C=O) groups is 1. The summed E-state index contributed by atoms with van der Waals surface area (Å²) in [5, 5.41) is 3.06. The van der Waals surface area contributed by atoms with Crippen molar-refractivity contribution in [2.75, 3.05) is 0 Å². The fourth-order valence-electron chi connectivity index (χ4n) is 2.60. The topological polar surface area (TPSA) is 46.4 Å². The van der Waals surface area contributed by atoms with Crippen molar-refractivity contribution >= 4 is 17.1 Å². The number of nitrogens with zero attached hydrogens (tertiary/aromatic N) is 2. The first kappa shape index (κ1) is 18.0. The molecule has 4 heteroatoms. The zero-order valence-electron chi connectivity index (χ0n) is 14.9. The third-order valence-corrected chi connectivity index (χ3v) is 4.09. The number of imidazole rings is 1. The number of carbonyl (C=O) groups excluding carboxylic acids is 1. The van der Waals surface area contributed by atoms with Crippen LogP contribution in [0.25, 0.3) is 11.2 Å². The van der Waals surface area contributed by atoms with Gasteiger partial charge >= 0.3 is 0 Å². The molecular weight excluding hydrogens is 298 g/mol. The lowest BCUT2D eigenvalue weighted by Gasteiger charge is -2.26. The summed E-state index contributed by atoms with van der Waals surface area (Å²) in [6.07, 6.45) is 12.0. The largest absolute Gasteiger partial charge is 0.349 e. The normalized spacial score (nSPS) is 14.5. The van der Waals surface area contributed by atoms with Crippen molar-refractivity contribution in [3.63, 3.8) is 0 Å². The summed E-state index contributed by atoms with van der Waals surface area (Å²) in [7, 11) is 0. The molecule has 3 rings (SSSR count). The average Bonchev–Trinajstić information content (AvgIpc) is 3.00. The highest BCUT2D eigenvalue weighted by Crippen LogP contribution is 2.20. The molecule has 130 valence electrons. The second kappa shape index (κ2) is 8.48. The van der Waals surface area contributed by atoms with E-state index in [4.69, 9.17) is 0 Å². The molecule has 0 bridgehead atoms. The minimum Gasteiger partial charge on any atom is -0.349 e. The van der Waals surface area contributed by atoms with E-state index in [2.05, 4.69) is 29.9 Å². The Morgan fingerprint density at radius 2 is 2.17 bits per heavy atom. The standard InChI is InChI=1S/C18H21N3O.C2H6.H2/c1-3-6-13(4-2)16-12-21-11-14(9-10-17(21)20-16)18(22)19-15-7-5-8-15;1-2;/h4,6,9-12,15H,2-3,5,7-8H2,1H3,(H,19,22);1-2H3;1H/b13-6+;;. The molecule has 1 aliphatic carbocycles. The summed E-state index contributed by atoms with van der Waals surface area (Å²) in [6.45, 7) is 9.92. The van der Waals surface area contributed by atoms with Gasteiger partial charge in [0.2, 0.25) is 0 Å². The van der Waals surface area contributed by atoms with Crippen LogP contribution in [0.15, 0.2) is 43.3 Å². The van der Waals surface area contributed by atoms with Crippen LogP contribution in [0, 0.1) is 0 Å². The van der Waals surface area contributed by atoms with E-state index in [1.807, 2.05) is 48.9 Å². The van der Waals surface area contributed by atoms with Crippen molar-refractivity contribution in [3.8, 4) is 0 Å². The number of amides is 1. The zero-order valence-corrected chi connectivity index (χ0v) is 14.9. The van der Waals surface area contributed by atoms with Crippen LogP contribution in [0.3, 0.4) is 0 Å². The van der Waals surface area contributed by atoms with Gasteiger partial charge in [0.05, 0.1) is 11.3 Å². The van der Waals surface area contributed by atoms with Gasteiger partial charge in [-0.05, 0) is 43.4 Å². The van der Waals surface area contributed by atoms with Crippen molar-refractivity contribution in [3.05, 3.63) is 54.5 Å². The number of pyridine rings is 1. The predicted molar refractivity (Wildman–Crippen MR) is 102 cm³/mol. The van der Waals surface area contributed by atoms with Crippen LogP contribution in [0.4, 0.5) is 0 Å². The second-order valence-corrected chi connectivity index (χ2v) is 5.68. The number of hydrogen-bond donors (Lipinski definition) is 1. The summed E-state index contributed by atoms with van der Waals surface area (Å²) in [6, 6.07) is 4.06. The molecule has 0 radical (unpaired) electrons. The molecule has 1 aliphatic rings. The zero-order chi connectivity index (χ0) is 17.5. The molecule has 0 aromatic carbocycles. The highest BCUT2D eigenvalue weighted by atomic mass is 16.1. The van der Waals surface area contributed by atoms with Gasteiger partial charge in [0, 0.05) is 19.9 Å². The Hall–Kier alpha value is -2.36. The van der Waals surface area contributed by atoms with Gasteiger partial charge in [-0.25, -0.2) is 4.98 Å². The number of fused-ring (bicyclic) bond motifs is 1. The van der Waals surface area contributed by atoms with E-state index in [-0.39, 0.29) is 7.33 Å². The van der Waals surface area contributed by atoms with Gasteiger partial charge in [-0.2, -0.15) is 0 Å². The van der Waals surface area contributed by atoms with Gasteiger partial charge in [-0.3, -0.25) is 4.79 Å². The Morgan fingerprint density at radius 1 is 1.42 bits per heavy atom. The molecular formula is C20H29N3O. The van der Waals surface area contributed by atoms with Crippen LogP contribution in [0.5, 0.6) is 0 Å². The lowest BCUT2D eigenvalue weighted by Crippen LogP contribution is -2.39.